The van der Waals surface area contributed by atoms with E-state index in [1.54, 1.807) is 0 Å². The van der Waals surface area contributed by atoms with Gasteiger partial charge in [0.15, 0.2) is 0 Å². The van der Waals surface area contributed by atoms with E-state index in [1.165, 1.54) is 0 Å². The topological polar surface area (TPSA) is 74.6 Å². The molecule has 0 unspecified atom stereocenters. The van der Waals surface area contributed by atoms with Gasteiger partial charge in [0.1, 0.15) is 0 Å². The maximum absolute atomic E-state index is 8.85. The van der Waals surface area contributed by atoms with Gasteiger partial charge in [0, 0.05) is 17.1 Å². The summed E-state index contributed by atoms with van der Waals surface area (Å²) >= 11 is -5.52. The maximum Gasteiger partial charge on any atom is 0 e. The van der Waals surface area contributed by atoms with Gasteiger partial charge >= 0.3 is 32.1 Å². The molecule has 1 radical (unpaired) electrons. The van der Waals surface area contributed by atoms with E-state index >= 15 is 0 Å². The third-order valence-corrected chi connectivity index (χ3v) is 0. The van der Waals surface area contributed by atoms with E-state index in [1.807, 2.05) is 0 Å². The average Bonchev–Trinajstić information content (AvgIpc) is 0.722. The van der Waals surface area contributed by atoms with Crippen molar-refractivity contribution < 1.29 is 30.2 Å². The first-order chi connectivity index (χ1) is 2.00. The minimum atomic E-state index is -5.52. The Morgan fingerprint density at radius 2 is 1.17 bits per heavy atom. The second-order valence-electron chi connectivity index (χ2n) is 0.448. The summed E-state index contributed by atoms with van der Waals surface area (Å²) in [6, 6.07) is 0. The molecular weight excluding hydrogens is 247 g/mol. The van der Waals surface area contributed by atoms with Crippen molar-refractivity contribution in [3.8, 4) is 0 Å². The van der Waals surface area contributed by atoms with Crippen LogP contribution in [0.1, 0.15) is 0 Å². The van der Waals surface area contributed by atoms with Crippen LogP contribution in [0.2, 0.25) is 0 Å². The molecule has 0 rings (SSSR count). The van der Waals surface area contributed by atoms with Gasteiger partial charge in [0.2, 0.25) is 0 Å². The summed E-state index contributed by atoms with van der Waals surface area (Å²) < 4.78 is 32.0. The predicted molar refractivity (Wildman–Crippen MR) is 11.6 cm³/mol. The normalized spacial score (nSPS) is 9.67. The van der Waals surface area contributed by atoms with Gasteiger partial charge in [-0.05, 0) is 0 Å². The smallest absolute Gasteiger partial charge is 0 e. The van der Waals surface area contributed by atoms with Crippen LogP contribution in [0.5, 0.6) is 0 Å². The molecule has 6 heavy (non-hydrogen) atoms. The molecule has 0 aliphatic rings. The Morgan fingerprint density at radius 1 is 1.17 bits per heavy atom. The quantitative estimate of drug-likeness (QED) is 0.500. The molecule has 0 bridgehead atoms. The third-order valence-electron chi connectivity index (χ3n) is 0. The molecule has 0 aliphatic heterocycles. The van der Waals surface area contributed by atoms with Gasteiger partial charge in [-0.25, -0.2) is 0 Å². The van der Waals surface area contributed by atoms with Gasteiger partial charge in [0.25, 0.3) is 0 Å². The largest absolute Gasteiger partial charge is 0 e. The first-order valence-corrected chi connectivity index (χ1v) is 4.69. The van der Waals surface area contributed by atoms with Gasteiger partial charge in [-0.1, -0.05) is 0 Å². The molecule has 0 fully saturated rings. The summed E-state index contributed by atoms with van der Waals surface area (Å²) in [5, 5.41) is 0. The second kappa shape index (κ2) is 2.91. The van der Waals surface area contributed by atoms with Gasteiger partial charge in [-0.15, -0.1) is 0 Å². The van der Waals surface area contributed by atoms with Crippen molar-refractivity contribution in [2.24, 2.45) is 0 Å². The van der Waals surface area contributed by atoms with Gasteiger partial charge in [-0.2, -0.15) is 0 Å². The first kappa shape index (κ1) is 9.95. The first-order valence-electron chi connectivity index (χ1n) is 0.698. The van der Waals surface area contributed by atoms with E-state index in [4.69, 9.17) is 13.2 Å². The molecule has 0 aromatic heterocycles. The Labute approximate surface area is 49.3 Å². The standard InChI is InChI=1S/Mn.H2O4Te/c;1-5(2,3)4/h;(H2,1,2,3,4). The fourth-order valence-electron chi connectivity index (χ4n) is 0. The van der Waals surface area contributed by atoms with E-state index in [0.29, 0.717) is 0 Å². The molecule has 2 N–H and O–H groups in total. The van der Waals surface area contributed by atoms with E-state index in [2.05, 4.69) is 0 Å². The Bertz CT molecular complexity index is 90.7. The van der Waals surface area contributed by atoms with Crippen LogP contribution in [0.3, 0.4) is 0 Å². The summed E-state index contributed by atoms with van der Waals surface area (Å²) in [5.74, 6) is 0. The zero-order valence-electron chi connectivity index (χ0n) is 2.50. The molecule has 0 aliphatic carbocycles. The summed E-state index contributed by atoms with van der Waals surface area (Å²) in [5.41, 5.74) is 0. The van der Waals surface area contributed by atoms with Crippen molar-refractivity contribution in [3.63, 3.8) is 0 Å². The molecule has 0 atom stereocenters. The average molecular weight is 249 g/mol. The van der Waals surface area contributed by atoms with Crippen molar-refractivity contribution in [1.29, 1.82) is 0 Å². The van der Waals surface area contributed by atoms with Crippen LogP contribution >= 0.6 is 0 Å². The van der Waals surface area contributed by atoms with E-state index in [9.17, 15) is 0 Å². The van der Waals surface area contributed by atoms with Gasteiger partial charge < -0.3 is 0 Å². The van der Waals surface area contributed by atoms with Crippen LogP contribution in [-0.2, 0) is 23.3 Å². The molecule has 4 nitrogen and oxygen atoms in total. The molecule has 39 valence electrons. The molecule has 0 aromatic carbocycles. The molecule has 6 heteroatoms. The molecule has 0 spiro atoms. The number of hydrogen-bond acceptors (Lipinski definition) is 2. The molecule has 0 saturated carbocycles. The van der Waals surface area contributed by atoms with E-state index in [0.717, 1.165) is 0 Å². The molecule has 0 heterocycles. The summed E-state index contributed by atoms with van der Waals surface area (Å²) in [4.78, 5) is 0. The Kier molecular flexibility index (Phi) is 4.83. The summed E-state index contributed by atoms with van der Waals surface area (Å²) in [6.45, 7) is 0. The molecule has 0 aromatic rings. The van der Waals surface area contributed by atoms with Crippen molar-refractivity contribution in [3.05, 3.63) is 0 Å². The number of rotatable bonds is 0. The molecular formula is H2MnO4Te. The van der Waals surface area contributed by atoms with Crippen LogP contribution < -0.4 is 0 Å². The Balaban J connectivity index is 0. The SMILES string of the molecule is O=[Te](=O)(O)O.[Mn]. The van der Waals surface area contributed by atoms with Crippen LogP contribution in [0.4, 0.5) is 0 Å². The van der Waals surface area contributed by atoms with Crippen LogP contribution in [0.25, 0.3) is 0 Å². The summed E-state index contributed by atoms with van der Waals surface area (Å²) in [7, 11) is 0. The summed E-state index contributed by atoms with van der Waals surface area (Å²) in [6.07, 6.45) is 0. The zero-order valence-corrected chi connectivity index (χ0v) is 6.01. The van der Waals surface area contributed by atoms with E-state index < -0.39 is 19.0 Å². The van der Waals surface area contributed by atoms with Gasteiger partial charge in [-0.3, -0.25) is 0 Å². The Morgan fingerprint density at radius 3 is 1.17 bits per heavy atom. The second-order valence-corrected chi connectivity index (χ2v) is 3.00. The van der Waals surface area contributed by atoms with E-state index in [-0.39, 0.29) is 17.1 Å². The zero-order chi connectivity index (χ0) is 4.50. The predicted octanol–water partition coefficient (Wildman–Crippen LogP) is -1.73. The van der Waals surface area contributed by atoms with Crippen molar-refractivity contribution in [1.82, 2.24) is 0 Å². The molecule has 0 amide bonds. The monoisotopic (exact) mass is 251 g/mol. The number of hydrogen-bond donors (Lipinski definition) is 2. The third kappa shape index (κ3) is 103. The van der Waals surface area contributed by atoms with Gasteiger partial charge in [0.05, 0.1) is 0 Å². The fourth-order valence-corrected chi connectivity index (χ4v) is 0. The molecule has 0 saturated heterocycles. The Hall–Kier alpha value is 0.829. The van der Waals surface area contributed by atoms with Crippen LogP contribution in [0.15, 0.2) is 0 Å². The fraction of sp³-hybridized carbons (Fsp3) is 0. The minimum absolute atomic E-state index is 0. The van der Waals surface area contributed by atoms with Crippen molar-refractivity contribution in [2.75, 3.05) is 0 Å². The van der Waals surface area contributed by atoms with Crippen molar-refractivity contribution in [2.45, 2.75) is 0 Å². The maximum atomic E-state index is 8.85. The van der Waals surface area contributed by atoms with Crippen LogP contribution in [0, 0.1) is 0 Å². The van der Waals surface area contributed by atoms with Crippen molar-refractivity contribution >= 4 is 19.0 Å². The van der Waals surface area contributed by atoms with Crippen LogP contribution in [-0.4, -0.2) is 25.9 Å². The minimum Gasteiger partial charge on any atom is 0 e.